The van der Waals surface area contributed by atoms with Crippen molar-refractivity contribution >= 4 is 26.9 Å². The fraction of sp³-hybridized carbons (Fsp3) is 0.250. The van der Waals surface area contributed by atoms with E-state index in [4.69, 9.17) is 4.74 Å². The van der Waals surface area contributed by atoms with Crippen molar-refractivity contribution in [2.45, 2.75) is 24.8 Å². The molecular formula is C20H21N3O5S. The summed E-state index contributed by atoms with van der Waals surface area (Å²) >= 11 is 0. The third-order valence-corrected chi connectivity index (χ3v) is 6.22. The van der Waals surface area contributed by atoms with Crippen molar-refractivity contribution in [3.63, 3.8) is 0 Å². The molecule has 3 rings (SSSR count). The van der Waals surface area contributed by atoms with E-state index in [2.05, 4.69) is 9.97 Å². The predicted octanol–water partition coefficient (Wildman–Crippen LogP) is 2.16. The lowest BCUT2D eigenvalue weighted by atomic mass is 10.2. The van der Waals surface area contributed by atoms with Crippen molar-refractivity contribution in [1.82, 2.24) is 14.3 Å². The van der Waals surface area contributed by atoms with Crippen LogP contribution in [0, 0.1) is 6.92 Å². The van der Waals surface area contributed by atoms with E-state index in [1.165, 1.54) is 19.2 Å². The first-order valence-corrected chi connectivity index (χ1v) is 10.3. The van der Waals surface area contributed by atoms with Gasteiger partial charge in [-0.1, -0.05) is 29.8 Å². The van der Waals surface area contributed by atoms with Crippen LogP contribution in [-0.2, 0) is 19.6 Å². The molecule has 0 saturated heterocycles. The summed E-state index contributed by atoms with van der Waals surface area (Å²) in [6, 6.07) is 13.1. The Balaban J connectivity index is 1.71. The highest BCUT2D eigenvalue weighted by Crippen LogP contribution is 2.17. The Hall–Kier alpha value is -3.04. The minimum Gasteiger partial charge on any atom is -0.454 e. The number of carbonyl (C=O) groups excluding carboxylic acids is 1. The molecule has 1 heterocycles. The number of ether oxygens (including phenoxy) is 1. The molecule has 0 saturated carbocycles. The number of nitrogens with zero attached hydrogens (tertiary/aromatic N) is 2. The van der Waals surface area contributed by atoms with Crippen LogP contribution >= 0.6 is 0 Å². The fourth-order valence-electron chi connectivity index (χ4n) is 2.74. The Bertz CT molecular complexity index is 1200. The lowest BCUT2D eigenvalue weighted by Crippen LogP contribution is -2.33. The van der Waals surface area contributed by atoms with E-state index in [9.17, 15) is 18.0 Å². The van der Waals surface area contributed by atoms with Crippen molar-refractivity contribution in [1.29, 1.82) is 0 Å². The molecule has 8 nitrogen and oxygen atoms in total. The molecule has 9 heteroatoms. The maximum absolute atomic E-state index is 12.6. The van der Waals surface area contributed by atoms with E-state index in [-0.39, 0.29) is 16.3 Å². The lowest BCUT2D eigenvalue weighted by molar-refractivity contribution is -0.148. The molecule has 2 aromatic carbocycles. The molecule has 0 aliphatic carbocycles. The molecule has 0 aliphatic rings. The number of fused-ring (bicyclic) bond motifs is 1. The zero-order valence-corrected chi connectivity index (χ0v) is 17.1. The normalized spacial score (nSPS) is 12.8. The number of hydrogen-bond acceptors (Lipinski definition) is 6. The largest absolute Gasteiger partial charge is 0.454 e. The van der Waals surface area contributed by atoms with Crippen molar-refractivity contribution < 1.29 is 17.9 Å². The minimum absolute atomic E-state index is 0.0898. The number of esters is 1. The summed E-state index contributed by atoms with van der Waals surface area (Å²) < 4.78 is 31.4. The molecule has 0 radical (unpaired) electrons. The molecule has 0 bridgehead atoms. The van der Waals surface area contributed by atoms with E-state index in [1.54, 1.807) is 43.3 Å². The standard InChI is InChI=1S/C20H21N3O5S/c1-13-8-10-15(11-9-13)29(26,27)23(3)12-18(24)28-14(2)19-21-17-7-5-4-6-16(17)20(25)22-19/h4-11,14H,12H2,1-3H3,(H,21,22,25). The number of para-hydroxylation sites is 1. The molecular weight excluding hydrogens is 394 g/mol. The molecule has 0 fully saturated rings. The van der Waals surface area contributed by atoms with Crippen LogP contribution in [0.5, 0.6) is 0 Å². The SMILES string of the molecule is Cc1ccc(S(=O)(=O)N(C)CC(=O)OC(C)c2nc3ccccc3c(=O)[nH]2)cc1. The van der Waals surface area contributed by atoms with Crippen LogP contribution in [0.15, 0.2) is 58.2 Å². The average molecular weight is 415 g/mol. The summed E-state index contributed by atoms with van der Waals surface area (Å²) in [5.74, 6) is -0.572. The number of aromatic amines is 1. The number of aromatic nitrogens is 2. The molecule has 0 amide bonds. The zero-order chi connectivity index (χ0) is 21.2. The summed E-state index contributed by atoms with van der Waals surface area (Å²) in [4.78, 5) is 31.4. The van der Waals surface area contributed by atoms with E-state index in [0.29, 0.717) is 10.9 Å². The summed E-state index contributed by atoms with van der Waals surface area (Å²) in [5.41, 5.74) is 1.07. The van der Waals surface area contributed by atoms with Gasteiger partial charge in [0.15, 0.2) is 11.9 Å². The van der Waals surface area contributed by atoms with Crippen LogP contribution < -0.4 is 5.56 Å². The van der Waals surface area contributed by atoms with Gasteiger partial charge in [0.25, 0.3) is 5.56 Å². The number of benzene rings is 2. The molecule has 152 valence electrons. The van der Waals surface area contributed by atoms with Crippen LogP contribution in [0.2, 0.25) is 0 Å². The number of rotatable bonds is 6. The van der Waals surface area contributed by atoms with Crippen LogP contribution in [-0.4, -0.2) is 42.3 Å². The predicted molar refractivity (Wildman–Crippen MR) is 108 cm³/mol. The maximum Gasteiger partial charge on any atom is 0.321 e. The number of H-pyrrole nitrogens is 1. The Morgan fingerprint density at radius 1 is 1.17 bits per heavy atom. The van der Waals surface area contributed by atoms with Gasteiger partial charge in [0.1, 0.15) is 6.54 Å². The lowest BCUT2D eigenvalue weighted by Gasteiger charge is -2.18. The molecule has 1 N–H and O–H groups in total. The minimum atomic E-state index is -3.83. The van der Waals surface area contributed by atoms with E-state index in [1.807, 2.05) is 6.92 Å². The topological polar surface area (TPSA) is 109 Å². The highest BCUT2D eigenvalue weighted by Gasteiger charge is 2.25. The van der Waals surface area contributed by atoms with Gasteiger partial charge in [0, 0.05) is 7.05 Å². The highest BCUT2D eigenvalue weighted by atomic mass is 32.2. The summed E-state index contributed by atoms with van der Waals surface area (Å²) in [6.45, 7) is 2.93. The maximum atomic E-state index is 12.6. The molecule has 0 spiro atoms. The number of sulfonamides is 1. The van der Waals surface area contributed by atoms with Crippen molar-refractivity contribution in [2.24, 2.45) is 0 Å². The first-order chi connectivity index (χ1) is 13.7. The van der Waals surface area contributed by atoms with Gasteiger partial charge in [-0.2, -0.15) is 4.31 Å². The molecule has 0 aliphatic heterocycles. The number of aryl methyl sites for hydroxylation is 1. The number of likely N-dealkylation sites (N-methyl/N-ethyl adjacent to an activating group) is 1. The quantitative estimate of drug-likeness (QED) is 0.618. The van der Waals surface area contributed by atoms with Crippen LogP contribution in [0.1, 0.15) is 24.4 Å². The molecule has 3 aromatic rings. The van der Waals surface area contributed by atoms with Gasteiger partial charge in [-0.15, -0.1) is 0 Å². The molecule has 1 aromatic heterocycles. The number of hydrogen-bond donors (Lipinski definition) is 1. The van der Waals surface area contributed by atoms with Crippen LogP contribution in [0.25, 0.3) is 10.9 Å². The zero-order valence-electron chi connectivity index (χ0n) is 16.2. The second-order valence-corrected chi connectivity index (χ2v) is 8.72. The van der Waals surface area contributed by atoms with Crippen LogP contribution in [0.3, 0.4) is 0 Å². The highest BCUT2D eigenvalue weighted by molar-refractivity contribution is 7.89. The Morgan fingerprint density at radius 2 is 1.83 bits per heavy atom. The second kappa shape index (κ2) is 8.14. The number of carbonyl (C=O) groups is 1. The van der Waals surface area contributed by atoms with Crippen molar-refractivity contribution in [2.75, 3.05) is 13.6 Å². The van der Waals surface area contributed by atoms with Gasteiger partial charge in [-0.05, 0) is 38.1 Å². The van der Waals surface area contributed by atoms with Crippen LogP contribution in [0.4, 0.5) is 0 Å². The van der Waals surface area contributed by atoms with Gasteiger partial charge in [0.2, 0.25) is 10.0 Å². The van der Waals surface area contributed by atoms with Gasteiger partial charge in [-0.3, -0.25) is 9.59 Å². The molecule has 29 heavy (non-hydrogen) atoms. The summed E-state index contributed by atoms with van der Waals surface area (Å²) in [5, 5.41) is 0.429. The van der Waals surface area contributed by atoms with Gasteiger partial charge >= 0.3 is 5.97 Å². The molecule has 1 unspecified atom stereocenters. The monoisotopic (exact) mass is 415 g/mol. The van der Waals surface area contributed by atoms with Gasteiger partial charge < -0.3 is 9.72 Å². The summed E-state index contributed by atoms with van der Waals surface area (Å²) in [6.07, 6.45) is -0.852. The van der Waals surface area contributed by atoms with E-state index >= 15 is 0 Å². The summed E-state index contributed by atoms with van der Waals surface area (Å²) in [7, 11) is -2.52. The van der Waals surface area contributed by atoms with E-state index in [0.717, 1.165) is 9.87 Å². The molecule has 1 atom stereocenters. The Kier molecular flexibility index (Phi) is 5.81. The Labute approximate surface area is 168 Å². The first kappa shape index (κ1) is 20.7. The van der Waals surface area contributed by atoms with Gasteiger partial charge in [-0.25, -0.2) is 13.4 Å². The third kappa shape index (κ3) is 4.52. The van der Waals surface area contributed by atoms with Crippen molar-refractivity contribution in [3.8, 4) is 0 Å². The fourth-order valence-corrected chi connectivity index (χ4v) is 3.86. The van der Waals surface area contributed by atoms with E-state index < -0.39 is 28.6 Å². The average Bonchev–Trinajstić information content (AvgIpc) is 2.68. The smallest absolute Gasteiger partial charge is 0.321 e. The van der Waals surface area contributed by atoms with Crippen molar-refractivity contribution in [3.05, 3.63) is 70.3 Å². The Morgan fingerprint density at radius 3 is 2.52 bits per heavy atom. The number of nitrogens with one attached hydrogen (secondary N) is 1. The third-order valence-electron chi connectivity index (χ3n) is 4.41. The second-order valence-electron chi connectivity index (χ2n) is 6.67. The first-order valence-electron chi connectivity index (χ1n) is 8.90. The van der Waals surface area contributed by atoms with Gasteiger partial charge in [0.05, 0.1) is 15.8 Å².